The monoisotopic (exact) mass is 578 g/mol. The topological polar surface area (TPSA) is 118 Å². The molecule has 0 aromatic heterocycles. The summed E-state index contributed by atoms with van der Waals surface area (Å²) in [6, 6.07) is 0. The maximum atomic E-state index is 10.5. The number of hydrogen-bond donors (Lipinski definition) is 4. The molecule has 4 aliphatic carbocycles. The second-order valence-electron chi connectivity index (χ2n) is 15.9. The molecule has 17 atom stereocenters. The van der Waals surface area contributed by atoms with Gasteiger partial charge >= 0.3 is 0 Å². The molecule has 0 aromatic rings. The summed E-state index contributed by atoms with van der Waals surface area (Å²) in [6.07, 6.45) is 5.64. The summed E-state index contributed by atoms with van der Waals surface area (Å²) in [7, 11) is 0. The molecule has 0 radical (unpaired) electrons. The van der Waals surface area contributed by atoms with Gasteiger partial charge in [0, 0.05) is 12.3 Å². The van der Waals surface area contributed by atoms with Crippen molar-refractivity contribution in [1.29, 1.82) is 0 Å². The molecule has 0 amide bonds. The number of aliphatic hydroxyl groups excluding tert-OH is 4. The average molecular weight is 579 g/mol. The number of fused-ring (bicyclic) bond motifs is 7. The first kappa shape index (κ1) is 29.4. The Balaban J connectivity index is 1.03. The quantitative estimate of drug-likeness (QED) is 0.375. The SMILES string of the molecule is CC1CC[C@@]2(OC1)O[C@H]1C[C@H]3[C@@H]4CC[C@@H]5C[C@@H](O[C@@H]6O[C@H](CO)[C@@H](O)[C@H](O)[C@H]6O)CC[C@]5(C)[C@H]4CC[C@]3(C)[C@H]1[C@@H]2C. The van der Waals surface area contributed by atoms with Crippen molar-refractivity contribution in [1.82, 2.24) is 0 Å². The van der Waals surface area contributed by atoms with E-state index in [4.69, 9.17) is 18.9 Å². The van der Waals surface area contributed by atoms with Crippen LogP contribution in [0.4, 0.5) is 0 Å². The van der Waals surface area contributed by atoms with Gasteiger partial charge < -0.3 is 39.4 Å². The van der Waals surface area contributed by atoms with Crippen molar-refractivity contribution in [2.24, 2.45) is 52.3 Å². The lowest BCUT2D eigenvalue weighted by Gasteiger charge is -2.61. The molecular formula is C33H54O8. The molecule has 8 heteroatoms. The Kier molecular flexibility index (Phi) is 7.43. The Morgan fingerprint density at radius 1 is 0.829 bits per heavy atom. The van der Waals surface area contributed by atoms with E-state index in [1.807, 2.05) is 0 Å². The van der Waals surface area contributed by atoms with Gasteiger partial charge in [0.1, 0.15) is 24.4 Å². The third-order valence-electron chi connectivity index (χ3n) is 14.1. The Morgan fingerprint density at radius 3 is 2.34 bits per heavy atom. The second kappa shape index (κ2) is 10.4. The zero-order valence-corrected chi connectivity index (χ0v) is 25.5. The Labute approximate surface area is 245 Å². The van der Waals surface area contributed by atoms with Crippen molar-refractivity contribution in [3.63, 3.8) is 0 Å². The molecular weight excluding hydrogens is 524 g/mol. The minimum absolute atomic E-state index is 0.0607. The lowest BCUT2D eigenvalue weighted by Crippen LogP contribution is -2.60. The maximum absolute atomic E-state index is 10.5. The highest BCUT2D eigenvalue weighted by molar-refractivity contribution is 5.15. The number of aliphatic hydroxyl groups is 4. The van der Waals surface area contributed by atoms with Gasteiger partial charge in [-0.25, -0.2) is 0 Å². The van der Waals surface area contributed by atoms with Crippen LogP contribution >= 0.6 is 0 Å². The average Bonchev–Trinajstić information content (AvgIpc) is 3.40. The van der Waals surface area contributed by atoms with E-state index in [1.54, 1.807) is 0 Å². The molecule has 3 saturated heterocycles. The van der Waals surface area contributed by atoms with E-state index in [0.717, 1.165) is 50.0 Å². The van der Waals surface area contributed by atoms with Crippen LogP contribution in [0, 0.1) is 52.3 Å². The summed E-state index contributed by atoms with van der Waals surface area (Å²) < 4.78 is 25.4. The Hall–Kier alpha value is -0.320. The molecule has 7 fully saturated rings. The first-order valence-corrected chi connectivity index (χ1v) is 16.8. The normalized spacial score (nSPS) is 60.3. The van der Waals surface area contributed by atoms with Crippen LogP contribution in [0.3, 0.4) is 0 Å². The lowest BCUT2D eigenvalue weighted by atomic mass is 9.44. The van der Waals surface area contributed by atoms with Crippen LogP contribution in [0.5, 0.6) is 0 Å². The standard InChI is InChI=1S/C33H54O8/c1-17-7-12-33(38-16-17)18(2)26-24(41-33)14-23-21-6-5-19-13-20(8-10-31(19,3)22(21)9-11-32(23,26)4)39-30-29(37)28(36)27(35)25(15-34)40-30/h17-30,34-37H,5-16H2,1-4H3/t17?,18-,19+,20-,21+,22-,23-,24-,25+,26-,27+,28-,29+,30+,31-,32-,33+/m0/s1. The van der Waals surface area contributed by atoms with Crippen LogP contribution in [0.2, 0.25) is 0 Å². The van der Waals surface area contributed by atoms with Gasteiger partial charge in [-0.1, -0.05) is 27.7 Å². The summed E-state index contributed by atoms with van der Waals surface area (Å²) in [4.78, 5) is 0. The van der Waals surface area contributed by atoms with Crippen molar-refractivity contribution >= 4 is 0 Å². The molecule has 8 nitrogen and oxygen atoms in total. The fourth-order valence-corrected chi connectivity index (χ4v) is 11.7. The van der Waals surface area contributed by atoms with Gasteiger partial charge in [0.15, 0.2) is 12.1 Å². The Morgan fingerprint density at radius 2 is 1.61 bits per heavy atom. The number of hydrogen-bond acceptors (Lipinski definition) is 8. The van der Waals surface area contributed by atoms with Gasteiger partial charge in [0.05, 0.1) is 25.4 Å². The van der Waals surface area contributed by atoms with Crippen molar-refractivity contribution < 1.29 is 39.4 Å². The highest BCUT2D eigenvalue weighted by Gasteiger charge is 2.69. The molecule has 3 aliphatic heterocycles. The van der Waals surface area contributed by atoms with Gasteiger partial charge in [-0.3, -0.25) is 0 Å². The van der Waals surface area contributed by atoms with E-state index >= 15 is 0 Å². The van der Waals surface area contributed by atoms with E-state index in [9.17, 15) is 20.4 Å². The number of rotatable bonds is 3. The van der Waals surface area contributed by atoms with Gasteiger partial charge in [-0.15, -0.1) is 0 Å². The van der Waals surface area contributed by atoms with Crippen LogP contribution in [0.25, 0.3) is 0 Å². The third-order valence-corrected chi connectivity index (χ3v) is 14.1. The maximum Gasteiger partial charge on any atom is 0.186 e. The smallest absolute Gasteiger partial charge is 0.186 e. The fraction of sp³-hybridized carbons (Fsp3) is 1.00. The third kappa shape index (κ3) is 4.36. The van der Waals surface area contributed by atoms with E-state index in [-0.39, 0.29) is 17.3 Å². The molecule has 0 bridgehead atoms. The summed E-state index contributed by atoms with van der Waals surface area (Å²) in [5.41, 5.74) is 0.612. The molecule has 234 valence electrons. The van der Waals surface area contributed by atoms with Crippen molar-refractivity contribution in [2.45, 2.75) is 141 Å². The zero-order valence-electron chi connectivity index (χ0n) is 25.5. The summed E-state index contributed by atoms with van der Waals surface area (Å²) in [6.45, 7) is 10.3. The highest BCUT2D eigenvalue weighted by atomic mass is 16.7. The van der Waals surface area contributed by atoms with Gasteiger partial charge in [-0.2, -0.15) is 0 Å². The second-order valence-corrected chi connectivity index (χ2v) is 15.9. The molecule has 4 saturated carbocycles. The molecule has 4 N–H and O–H groups in total. The van der Waals surface area contributed by atoms with Gasteiger partial charge in [0.2, 0.25) is 0 Å². The molecule has 1 unspecified atom stereocenters. The zero-order chi connectivity index (χ0) is 28.9. The molecule has 1 spiro atoms. The minimum atomic E-state index is -1.40. The highest BCUT2D eigenvalue weighted by Crippen LogP contribution is 2.71. The molecule has 0 aromatic carbocycles. The molecule has 3 heterocycles. The van der Waals surface area contributed by atoms with Crippen LogP contribution in [-0.2, 0) is 18.9 Å². The van der Waals surface area contributed by atoms with Crippen LogP contribution < -0.4 is 0 Å². The van der Waals surface area contributed by atoms with Crippen molar-refractivity contribution in [3.8, 4) is 0 Å². The van der Waals surface area contributed by atoms with E-state index in [2.05, 4.69) is 27.7 Å². The van der Waals surface area contributed by atoms with E-state index in [1.165, 1.54) is 38.5 Å². The largest absolute Gasteiger partial charge is 0.394 e. The van der Waals surface area contributed by atoms with Crippen LogP contribution in [0.15, 0.2) is 0 Å². The van der Waals surface area contributed by atoms with Crippen molar-refractivity contribution in [3.05, 3.63) is 0 Å². The van der Waals surface area contributed by atoms with Crippen LogP contribution in [-0.4, -0.2) is 82.3 Å². The summed E-state index contributed by atoms with van der Waals surface area (Å²) in [5.74, 6) is 4.08. The van der Waals surface area contributed by atoms with E-state index in [0.29, 0.717) is 35.2 Å². The molecule has 7 aliphatic rings. The van der Waals surface area contributed by atoms with E-state index < -0.39 is 37.3 Å². The van der Waals surface area contributed by atoms with Crippen LogP contribution in [0.1, 0.15) is 91.9 Å². The summed E-state index contributed by atoms with van der Waals surface area (Å²) in [5, 5.41) is 40.4. The van der Waals surface area contributed by atoms with Gasteiger partial charge in [0.25, 0.3) is 0 Å². The lowest BCUT2D eigenvalue weighted by molar-refractivity contribution is -0.316. The first-order valence-electron chi connectivity index (χ1n) is 16.8. The Bertz CT molecular complexity index is 967. The molecule has 41 heavy (non-hydrogen) atoms. The molecule has 7 rings (SSSR count). The first-order chi connectivity index (χ1) is 19.5. The summed E-state index contributed by atoms with van der Waals surface area (Å²) >= 11 is 0. The minimum Gasteiger partial charge on any atom is -0.394 e. The van der Waals surface area contributed by atoms with Gasteiger partial charge in [-0.05, 0) is 104 Å². The number of ether oxygens (including phenoxy) is 4. The van der Waals surface area contributed by atoms with Crippen molar-refractivity contribution in [2.75, 3.05) is 13.2 Å². The fourth-order valence-electron chi connectivity index (χ4n) is 11.7. The predicted octanol–water partition coefficient (Wildman–Crippen LogP) is 3.62. The predicted molar refractivity (Wildman–Crippen MR) is 150 cm³/mol.